The Morgan fingerprint density at radius 1 is 0.864 bits per heavy atom. The zero-order chi connectivity index (χ0) is 16.7. The smallest absolute Gasteiger partial charge is 0.282 e. The van der Waals surface area contributed by atoms with E-state index < -0.39 is 42.6 Å². The molecule has 0 atom stereocenters. The molecule has 0 heterocycles. The van der Waals surface area contributed by atoms with Crippen LogP contribution in [0, 0.1) is 29.1 Å². The van der Waals surface area contributed by atoms with Crippen LogP contribution in [0.5, 0.6) is 5.75 Å². The van der Waals surface area contributed by atoms with Crippen LogP contribution in [0.25, 0.3) is 0 Å². The van der Waals surface area contributed by atoms with Crippen molar-refractivity contribution >= 4 is 25.1 Å². The summed E-state index contributed by atoms with van der Waals surface area (Å²) >= 11 is 5.77. The van der Waals surface area contributed by atoms with Gasteiger partial charge in [0.1, 0.15) is 5.75 Å². The van der Waals surface area contributed by atoms with Crippen molar-refractivity contribution < 1.29 is 26.4 Å². The number of hydrogen-bond acceptors (Lipinski definition) is 1. The van der Waals surface area contributed by atoms with E-state index in [1.54, 1.807) is 12.1 Å². The molecule has 2 rings (SSSR count). The molecule has 0 aliphatic heterocycles. The molecule has 1 nitrogen and oxygen atoms in total. The Balaban J connectivity index is 2.54. The molecule has 0 aromatic heterocycles. The summed E-state index contributed by atoms with van der Waals surface area (Å²) in [4.78, 5) is 0. The Morgan fingerprint density at radius 2 is 1.36 bits per heavy atom. The summed E-state index contributed by atoms with van der Waals surface area (Å²) in [5, 5.41) is -0.594. The lowest BCUT2D eigenvalue weighted by Crippen LogP contribution is -2.52. The van der Waals surface area contributed by atoms with E-state index in [0.29, 0.717) is 5.02 Å². The molecule has 0 amide bonds. The van der Waals surface area contributed by atoms with E-state index >= 15 is 0 Å². The second-order valence-electron chi connectivity index (χ2n) is 5.01. The third kappa shape index (κ3) is 2.96. The van der Waals surface area contributed by atoms with Crippen molar-refractivity contribution in [2.75, 3.05) is 0 Å². The molecule has 0 radical (unpaired) electrons. The maximum Gasteiger partial charge on any atom is 0.282 e. The standard InChI is InChI=1S/C14H10ClF5OSi/c1-22(2,21-8-5-3-4-7(15)6-8)14-12(19)10(17)9(16)11(18)13(14)20/h3-6H,1-2H3. The Kier molecular flexibility index (Phi) is 4.48. The zero-order valence-electron chi connectivity index (χ0n) is 11.5. The Hall–Kier alpha value is -1.60. The van der Waals surface area contributed by atoms with Gasteiger partial charge in [0.2, 0.25) is 5.82 Å². The van der Waals surface area contributed by atoms with Gasteiger partial charge < -0.3 is 4.43 Å². The van der Waals surface area contributed by atoms with Crippen molar-refractivity contribution in [3.8, 4) is 5.75 Å². The minimum atomic E-state index is -3.47. The van der Waals surface area contributed by atoms with Gasteiger partial charge in [-0.25, -0.2) is 22.0 Å². The first-order valence-electron chi connectivity index (χ1n) is 6.11. The van der Waals surface area contributed by atoms with Gasteiger partial charge in [-0.2, -0.15) is 0 Å². The van der Waals surface area contributed by atoms with Gasteiger partial charge in [-0.05, 0) is 31.3 Å². The molecule has 0 spiro atoms. The summed E-state index contributed by atoms with van der Waals surface area (Å²) < 4.78 is 73.0. The van der Waals surface area contributed by atoms with E-state index in [1.165, 1.54) is 25.2 Å². The lowest BCUT2D eigenvalue weighted by Gasteiger charge is -2.26. The first kappa shape index (κ1) is 16.8. The monoisotopic (exact) mass is 352 g/mol. The second kappa shape index (κ2) is 5.89. The fourth-order valence-electron chi connectivity index (χ4n) is 2.01. The lowest BCUT2D eigenvalue weighted by atomic mass is 10.3. The molecule has 2 aromatic rings. The van der Waals surface area contributed by atoms with Gasteiger partial charge in [0.25, 0.3) is 8.32 Å². The van der Waals surface area contributed by atoms with Gasteiger partial charge in [-0.3, -0.25) is 0 Å². The van der Waals surface area contributed by atoms with Gasteiger partial charge in [0.15, 0.2) is 23.3 Å². The molecule has 22 heavy (non-hydrogen) atoms. The Bertz CT molecular complexity index is 706. The van der Waals surface area contributed by atoms with Crippen LogP contribution in [-0.2, 0) is 0 Å². The normalized spacial score (nSPS) is 11.6. The average molecular weight is 353 g/mol. The van der Waals surface area contributed by atoms with Crippen LogP contribution in [0.2, 0.25) is 18.1 Å². The van der Waals surface area contributed by atoms with Crippen LogP contribution in [-0.4, -0.2) is 8.32 Å². The highest BCUT2D eigenvalue weighted by Gasteiger charge is 2.39. The van der Waals surface area contributed by atoms with Crippen molar-refractivity contribution in [1.29, 1.82) is 0 Å². The van der Waals surface area contributed by atoms with Gasteiger partial charge >= 0.3 is 0 Å². The molecule has 0 unspecified atom stereocenters. The van der Waals surface area contributed by atoms with Crippen molar-refractivity contribution in [3.63, 3.8) is 0 Å². The predicted molar refractivity (Wildman–Crippen MR) is 75.4 cm³/mol. The maximum absolute atomic E-state index is 13.9. The quantitative estimate of drug-likeness (QED) is 0.341. The van der Waals surface area contributed by atoms with E-state index in [4.69, 9.17) is 16.0 Å². The zero-order valence-corrected chi connectivity index (χ0v) is 13.2. The first-order chi connectivity index (χ1) is 10.1. The van der Waals surface area contributed by atoms with E-state index in [2.05, 4.69) is 0 Å². The van der Waals surface area contributed by atoms with Crippen LogP contribution in [0.3, 0.4) is 0 Å². The number of rotatable bonds is 3. The summed E-state index contributed by atoms with van der Waals surface area (Å²) in [5.74, 6) is -9.70. The minimum absolute atomic E-state index is 0.188. The predicted octanol–water partition coefficient (Wildman–Crippen LogP) is 4.53. The third-order valence-corrected chi connectivity index (χ3v) is 5.61. The molecular weight excluding hydrogens is 343 g/mol. The van der Waals surface area contributed by atoms with Gasteiger partial charge in [0.05, 0.1) is 5.19 Å². The molecule has 0 fully saturated rings. The second-order valence-corrected chi connectivity index (χ2v) is 9.18. The molecule has 0 aliphatic rings. The summed E-state index contributed by atoms with van der Waals surface area (Å²) in [6.45, 7) is 2.65. The summed E-state index contributed by atoms with van der Waals surface area (Å²) in [6, 6.07) is 5.97. The van der Waals surface area contributed by atoms with Crippen molar-refractivity contribution in [2.45, 2.75) is 13.1 Å². The number of benzene rings is 2. The van der Waals surface area contributed by atoms with Crippen LogP contribution < -0.4 is 9.61 Å². The molecule has 8 heteroatoms. The highest BCUT2D eigenvalue weighted by molar-refractivity contribution is 6.85. The number of halogens is 6. The fraction of sp³-hybridized carbons (Fsp3) is 0.143. The van der Waals surface area contributed by atoms with E-state index in [9.17, 15) is 22.0 Å². The Morgan fingerprint density at radius 3 is 1.86 bits per heavy atom. The summed E-state index contributed by atoms with van der Waals surface area (Å²) in [6.07, 6.45) is 0. The highest BCUT2D eigenvalue weighted by atomic mass is 35.5. The topological polar surface area (TPSA) is 9.23 Å². The van der Waals surface area contributed by atoms with E-state index in [-0.39, 0.29) is 5.75 Å². The maximum atomic E-state index is 13.9. The van der Waals surface area contributed by atoms with Crippen molar-refractivity contribution in [3.05, 3.63) is 58.4 Å². The van der Waals surface area contributed by atoms with E-state index in [0.717, 1.165) is 0 Å². The first-order valence-corrected chi connectivity index (χ1v) is 9.40. The largest absolute Gasteiger partial charge is 0.539 e. The van der Waals surface area contributed by atoms with E-state index in [1.807, 2.05) is 0 Å². The van der Waals surface area contributed by atoms with Gasteiger partial charge in [0, 0.05) is 5.02 Å². The van der Waals surface area contributed by atoms with Crippen LogP contribution in [0.15, 0.2) is 24.3 Å². The van der Waals surface area contributed by atoms with Crippen molar-refractivity contribution in [1.82, 2.24) is 0 Å². The van der Waals surface area contributed by atoms with Crippen LogP contribution in [0.1, 0.15) is 0 Å². The number of hydrogen-bond donors (Lipinski definition) is 0. The molecule has 0 aliphatic carbocycles. The van der Waals surface area contributed by atoms with Gasteiger partial charge in [-0.15, -0.1) is 0 Å². The molecule has 2 aromatic carbocycles. The lowest BCUT2D eigenvalue weighted by molar-refractivity contribution is 0.382. The molecule has 0 saturated heterocycles. The highest BCUT2D eigenvalue weighted by Crippen LogP contribution is 2.24. The van der Waals surface area contributed by atoms with Crippen LogP contribution >= 0.6 is 11.6 Å². The molecule has 0 bridgehead atoms. The summed E-state index contributed by atoms with van der Waals surface area (Å²) in [5.41, 5.74) is 0. The molecule has 0 N–H and O–H groups in total. The molecule has 0 saturated carbocycles. The minimum Gasteiger partial charge on any atom is -0.539 e. The van der Waals surface area contributed by atoms with Gasteiger partial charge in [-0.1, -0.05) is 17.7 Å². The summed E-state index contributed by atoms with van der Waals surface area (Å²) in [7, 11) is -3.47. The Labute approximate surface area is 129 Å². The van der Waals surface area contributed by atoms with Crippen LogP contribution in [0.4, 0.5) is 22.0 Å². The SMILES string of the molecule is C[Si](C)(Oc1cccc(Cl)c1)c1c(F)c(F)c(F)c(F)c1F. The fourth-order valence-corrected chi connectivity index (χ4v) is 4.28. The van der Waals surface area contributed by atoms with Crippen molar-refractivity contribution in [2.24, 2.45) is 0 Å². The third-order valence-electron chi connectivity index (χ3n) is 2.98. The molecule has 118 valence electrons. The average Bonchev–Trinajstić information content (AvgIpc) is 2.42. The molecular formula is C14H10ClF5OSi.